The van der Waals surface area contributed by atoms with Crippen molar-refractivity contribution in [3.8, 4) is 5.75 Å². The van der Waals surface area contributed by atoms with Crippen molar-refractivity contribution in [2.45, 2.75) is 38.4 Å². The van der Waals surface area contributed by atoms with Crippen molar-refractivity contribution in [2.24, 2.45) is 0 Å². The summed E-state index contributed by atoms with van der Waals surface area (Å²) in [5, 5.41) is 2.57. The van der Waals surface area contributed by atoms with Gasteiger partial charge in [0.25, 0.3) is 5.91 Å². The predicted octanol–water partition coefficient (Wildman–Crippen LogP) is 3.89. The third-order valence-electron chi connectivity index (χ3n) is 4.39. The van der Waals surface area contributed by atoms with Crippen molar-refractivity contribution < 1.29 is 32.2 Å². The molecular formula is C21H25F3N2O4. The minimum atomic E-state index is -0.940. The fourth-order valence-corrected chi connectivity index (χ4v) is 2.77. The van der Waals surface area contributed by atoms with E-state index in [1.807, 2.05) is 6.92 Å². The minimum absolute atomic E-state index is 0.0694. The summed E-state index contributed by atoms with van der Waals surface area (Å²) >= 11 is 0. The number of ether oxygens (including phenoxy) is 3. The Morgan fingerprint density at radius 1 is 1.23 bits per heavy atom. The lowest BCUT2D eigenvalue weighted by atomic mass is 10.2. The van der Waals surface area contributed by atoms with Crippen LogP contribution < -0.4 is 10.1 Å². The van der Waals surface area contributed by atoms with Gasteiger partial charge in [-0.1, -0.05) is 6.07 Å². The molecule has 1 N–H and O–H groups in total. The number of hydrogen-bond acceptors (Lipinski definition) is 5. The molecule has 0 bridgehead atoms. The number of methoxy groups -OCH3 is 2. The summed E-state index contributed by atoms with van der Waals surface area (Å²) in [5.41, 5.74) is 0.809. The molecule has 1 amide bonds. The number of hydrogen-bond donors (Lipinski definition) is 1. The number of benzene rings is 1. The van der Waals surface area contributed by atoms with E-state index in [4.69, 9.17) is 9.47 Å². The van der Waals surface area contributed by atoms with E-state index in [0.29, 0.717) is 25.1 Å². The van der Waals surface area contributed by atoms with E-state index in [1.165, 1.54) is 25.3 Å². The summed E-state index contributed by atoms with van der Waals surface area (Å²) < 4.78 is 53.4. The van der Waals surface area contributed by atoms with Crippen molar-refractivity contribution in [3.05, 3.63) is 53.6 Å². The Kier molecular flexibility index (Phi) is 9.07. The Hall–Kier alpha value is -2.65. The molecule has 9 heteroatoms. The Morgan fingerprint density at radius 2 is 2.00 bits per heavy atom. The molecule has 30 heavy (non-hydrogen) atoms. The van der Waals surface area contributed by atoms with Gasteiger partial charge < -0.3 is 19.5 Å². The SMILES string of the molecule is COCCc1cc(NC(=O)C2CCC(C)O2)c(F)cn1.COc1cccc(F)c1F. The zero-order valence-electron chi connectivity index (χ0n) is 17.1. The molecule has 164 valence electrons. The Labute approximate surface area is 173 Å². The lowest BCUT2D eigenvalue weighted by Gasteiger charge is -2.13. The number of aromatic nitrogens is 1. The Bertz CT molecular complexity index is 851. The first-order chi connectivity index (χ1) is 14.3. The number of nitrogens with one attached hydrogen (secondary N) is 1. The molecular weight excluding hydrogens is 401 g/mol. The van der Waals surface area contributed by atoms with Crippen LogP contribution in [0.3, 0.4) is 0 Å². The predicted molar refractivity (Wildman–Crippen MR) is 105 cm³/mol. The van der Waals surface area contributed by atoms with Gasteiger partial charge >= 0.3 is 0 Å². The van der Waals surface area contributed by atoms with Crippen LogP contribution in [-0.2, 0) is 20.7 Å². The molecule has 0 aliphatic carbocycles. The number of anilines is 1. The van der Waals surface area contributed by atoms with Gasteiger partial charge in [-0.15, -0.1) is 0 Å². The molecule has 0 spiro atoms. The van der Waals surface area contributed by atoms with Crippen LogP contribution in [0.2, 0.25) is 0 Å². The largest absolute Gasteiger partial charge is 0.494 e. The maximum Gasteiger partial charge on any atom is 0.253 e. The van der Waals surface area contributed by atoms with Crippen LogP contribution in [0, 0.1) is 17.5 Å². The third-order valence-corrected chi connectivity index (χ3v) is 4.39. The van der Waals surface area contributed by atoms with Crippen LogP contribution in [0.1, 0.15) is 25.5 Å². The molecule has 1 fully saturated rings. The minimum Gasteiger partial charge on any atom is -0.494 e. The highest BCUT2D eigenvalue weighted by molar-refractivity contribution is 5.94. The van der Waals surface area contributed by atoms with Crippen molar-refractivity contribution >= 4 is 11.6 Å². The fourth-order valence-electron chi connectivity index (χ4n) is 2.77. The lowest BCUT2D eigenvalue weighted by molar-refractivity contribution is -0.126. The normalized spacial score (nSPS) is 17.8. The van der Waals surface area contributed by atoms with Gasteiger partial charge in [0.2, 0.25) is 5.82 Å². The van der Waals surface area contributed by atoms with Crippen molar-refractivity contribution in [2.75, 3.05) is 26.1 Å². The number of carbonyl (C=O) groups excluding carboxylic acids is 1. The second-order valence-electron chi connectivity index (χ2n) is 6.66. The highest BCUT2D eigenvalue weighted by Crippen LogP contribution is 2.22. The van der Waals surface area contributed by atoms with E-state index in [2.05, 4.69) is 15.0 Å². The first-order valence-corrected chi connectivity index (χ1v) is 9.43. The summed E-state index contributed by atoms with van der Waals surface area (Å²) in [4.78, 5) is 15.9. The molecule has 1 aromatic heterocycles. The maximum absolute atomic E-state index is 13.7. The van der Waals surface area contributed by atoms with E-state index in [1.54, 1.807) is 7.11 Å². The highest BCUT2D eigenvalue weighted by atomic mass is 19.2. The topological polar surface area (TPSA) is 69.7 Å². The second-order valence-corrected chi connectivity index (χ2v) is 6.66. The van der Waals surface area contributed by atoms with Crippen molar-refractivity contribution in [3.63, 3.8) is 0 Å². The van der Waals surface area contributed by atoms with Gasteiger partial charge in [-0.3, -0.25) is 9.78 Å². The lowest BCUT2D eigenvalue weighted by Crippen LogP contribution is -2.28. The van der Waals surface area contributed by atoms with Gasteiger partial charge in [-0.2, -0.15) is 4.39 Å². The van der Waals surface area contributed by atoms with Crippen LogP contribution in [-0.4, -0.2) is 43.9 Å². The number of halogens is 3. The first-order valence-electron chi connectivity index (χ1n) is 9.43. The summed E-state index contributed by atoms with van der Waals surface area (Å²) in [5.74, 6) is -2.76. The van der Waals surface area contributed by atoms with E-state index < -0.39 is 23.6 Å². The quantitative estimate of drug-likeness (QED) is 0.759. The standard InChI is InChI=1S/C14H19FN2O3.C7H6F2O/c1-9-3-4-13(20-9)14(18)17-12-7-10(5-6-19-2)16-8-11(12)15;1-10-6-4-2-3-5(8)7(6)9/h7-9,13H,3-6H2,1-2H3,(H,16,17,18);2-4H,1H3. The summed E-state index contributed by atoms with van der Waals surface area (Å²) in [6, 6.07) is 5.32. The van der Waals surface area contributed by atoms with Crippen LogP contribution in [0.5, 0.6) is 5.75 Å². The molecule has 2 heterocycles. The Morgan fingerprint density at radius 3 is 2.60 bits per heavy atom. The highest BCUT2D eigenvalue weighted by Gasteiger charge is 2.28. The van der Waals surface area contributed by atoms with Crippen LogP contribution in [0.4, 0.5) is 18.9 Å². The molecule has 1 aliphatic rings. The molecule has 0 radical (unpaired) electrons. The van der Waals surface area contributed by atoms with Gasteiger partial charge in [-0.25, -0.2) is 8.78 Å². The molecule has 1 saturated heterocycles. The number of nitrogens with zero attached hydrogens (tertiary/aromatic N) is 1. The van der Waals surface area contributed by atoms with Crippen LogP contribution in [0.15, 0.2) is 30.5 Å². The number of rotatable bonds is 6. The van der Waals surface area contributed by atoms with E-state index in [9.17, 15) is 18.0 Å². The van der Waals surface area contributed by atoms with Crippen molar-refractivity contribution in [1.29, 1.82) is 0 Å². The molecule has 1 aliphatic heterocycles. The molecule has 3 rings (SSSR count). The molecule has 6 nitrogen and oxygen atoms in total. The number of pyridine rings is 1. The van der Waals surface area contributed by atoms with Gasteiger partial charge in [-0.05, 0) is 38.0 Å². The third kappa shape index (κ3) is 6.70. The Balaban J connectivity index is 0.000000269. The zero-order valence-corrected chi connectivity index (χ0v) is 17.1. The first kappa shape index (κ1) is 23.6. The number of amides is 1. The maximum atomic E-state index is 13.7. The van der Waals surface area contributed by atoms with Gasteiger partial charge in [0.15, 0.2) is 17.4 Å². The van der Waals surface area contributed by atoms with Gasteiger partial charge in [0.05, 0.1) is 31.7 Å². The number of carbonyl (C=O) groups is 1. The van der Waals surface area contributed by atoms with E-state index >= 15 is 0 Å². The van der Waals surface area contributed by atoms with Crippen molar-refractivity contribution in [1.82, 2.24) is 4.98 Å². The monoisotopic (exact) mass is 426 g/mol. The average molecular weight is 426 g/mol. The molecule has 2 atom stereocenters. The fraction of sp³-hybridized carbons (Fsp3) is 0.429. The molecule has 2 unspecified atom stereocenters. The summed E-state index contributed by atoms with van der Waals surface area (Å²) in [6.45, 7) is 2.42. The van der Waals surface area contributed by atoms with Gasteiger partial charge in [0.1, 0.15) is 6.10 Å². The van der Waals surface area contributed by atoms with Gasteiger partial charge in [0, 0.05) is 19.2 Å². The van der Waals surface area contributed by atoms with E-state index in [-0.39, 0.29) is 23.4 Å². The molecule has 0 saturated carbocycles. The van der Waals surface area contributed by atoms with E-state index in [0.717, 1.165) is 18.7 Å². The second kappa shape index (κ2) is 11.5. The average Bonchev–Trinajstić information content (AvgIpc) is 3.17. The zero-order chi connectivity index (χ0) is 22.1. The smallest absolute Gasteiger partial charge is 0.253 e. The van der Waals surface area contributed by atoms with Crippen LogP contribution in [0.25, 0.3) is 0 Å². The molecule has 2 aromatic rings. The van der Waals surface area contributed by atoms with Crippen LogP contribution >= 0.6 is 0 Å². The molecule has 1 aromatic carbocycles. The summed E-state index contributed by atoms with van der Waals surface area (Å²) in [6.07, 6.45) is 2.76. The summed E-state index contributed by atoms with van der Waals surface area (Å²) in [7, 11) is 2.88.